The summed E-state index contributed by atoms with van der Waals surface area (Å²) < 4.78 is 0. The highest BCUT2D eigenvalue weighted by Gasteiger charge is 2.25. The van der Waals surface area contributed by atoms with Crippen molar-refractivity contribution in [3.8, 4) is 5.75 Å². The van der Waals surface area contributed by atoms with Crippen LogP contribution in [0.25, 0.3) is 0 Å². The Balaban J connectivity index is 3.03. The molecule has 0 amide bonds. The third-order valence-electron chi connectivity index (χ3n) is 1.66. The van der Waals surface area contributed by atoms with Crippen LogP contribution in [0.3, 0.4) is 0 Å². The zero-order valence-electron chi connectivity index (χ0n) is 7.61. The molecular weight excluding hydrogens is 168 g/mol. The minimum atomic E-state index is -1.40. The van der Waals surface area contributed by atoms with E-state index in [1.807, 2.05) is 0 Å². The minimum absolute atomic E-state index is 0.0232. The van der Waals surface area contributed by atoms with Gasteiger partial charge in [-0.2, -0.15) is 0 Å². The molecule has 0 radical (unpaired) electrons. The lowest BCUT2D eigenvalue weighted by Crippen LogP contribution is -2.30. The van der Waals surface area contributed by atoms with E-state index < -0.39 is 11.4 Å². The monoisotopic (exact) mass is 180 g/mol. The van der Waals surface area contributed by atoms with Crippen molar-refractivity contribution in [2.45, 2.75) is 19.4 Å². The molecule has 2 N–H and O–H groups in total. The lowest BCUT2D eigenvalue weighted by molar-refractivity contribution is 0.0487. The number of phenolic OH excluding ortho intramolecular Hbond substituents is 1. The summed E-state index contributed by atoms with van der Waals surface area (Å²) in [5.41, 5.74) is -1.08. The van der Waals surface area contributed by atoms with E-state index >= 15 is 0 Å². The van der Waals surface area contributed by atoms with Gasteiger partial charge in [0, 0.05) is 5.56 Å². The normalized spacial score (nSPS) is 11.3. The van der Waals surface area contributed by atoms with E-state index in [-0.39, 0.29) is 5.75 Å². The number of carbonyl (C=O) groups excluding carboxylic acids is 1. The number of aromatic hydroxyl groups is 1. The van der Waals surface area contributed by atoms with E-state index in [1.165, 1.54) is 26.0 Å². The van der Waals surface area contributed by atoms with Crippen LogP contribution in [-0.4, -0.2) is 21.6 Å². The first-order valence-electron chi connectivity index (χ1n) is 3.97. The summed E-state index contributed by atoms with van der Waals surface area (Å²) in [6, 6.07) is 5.93. The molecule has 0 aliphatic rings. The fourth-order valence-corrected chi connectivity index (χ4v) is 1.00. The summed E-state index contributed by atoms with van der Waals surface area (Å²) in [6.07, 6.45) is 0. The first kappa shape index (κ1) is 9.74. The number of benzene rings is 1. The number of hydrogen-bond donors (Lipinski definition) is 2. The molecule has 0 aliphatic heterocycles. The van der Waals surface area contributed by atoms with E-state index in [2.05, 4.69) is 0 Å². The Kier molecular flexibility index (Phi) is 2.38. The molecule has 0 aromatic heterocycles. The summed E-state index contributed by atoms with van der Waals surface area (Å²) in [5.74, 6) is -0.376. The Hall–Kier alpha value is -1.35. The van der Waals surface area contributed by atoms with E-state index in [4.69, 9.17) is 5.11 Å². The molecule has 0 aliphatic carbocycles. The zero-order valence-corrected chi connectivity index (χ0v) is 7.61. The van der Waals surface area contributed by atoms with Gasteiger partial charge in [-0.15, -0.1) is 0 Å². The van der Waals surface area contributed by atoms with Crippen LogP contribution >= 0.6 is 0 Å². The van der Waals surface area contributed by atoms with Crippen molar-refractivity contribution in [3.63, 3.8) is 0 Å². The SMILES string of the molecule is CC(C)(O)C(=O)c1cccc(O)c1. The second-order valence-corrected chi connectivity index (χ2v) is 3.44. The highest BCUT2D eigenvalue weighted by atomic mass is 16.3. The number of phenols is 1. The van der Waals surface area contributed by atoms with Crippen molar-refractivity contribution >= 4 is 5.78 Å². The van der Waals surface area contributed by atoms with Gasteiger partial charge in [0.05, 0.1) is 0 Å². The van der Waals surface area contributed by atoms with Crippen LogP contribution in [0.15, 0.2) is 24.3 Å². The van der Waals surface area contributed by atoms with Gasteiger partial charge in [0.2, 0.25) is 0 Å². The van der Waals surface area contributed by atoms with Gasteiger partial charge < -0.3 is 10.2 Å². The van der Waals surface area contributed by atoms with Crippen molar-refractivity contribution in [3.05, 3.63) is 29.8 Å². The molecule has 0 heterocycles. The van der Waals surface area contributed by atoms with Gasteiger partial charge in [-0.1, -0.05) is 12.1 Å². The van der Waals surface area contributed by atoms with Crippen molar-refractivity contribution in [2.75, 3.05) is 0 Å². The van der Waals surface area contributed by atoms with Crippen LogP contribution in [-0.2, 0) is 0 Å². The molecule has 0 fully saturated rings. The molecule has 3 nitrogen and oxygen atoms in total. The molecule has 1 aromatic rings. The van der Waals surface area contributed by atoms with Gasteiger partial charge >= 0.3 is 0 Å². The Morgan fingerprint density at radius 3 is 2.46 bits per heavy atom. The van der Waals surface area contributed by atoms with Gasteiger partial charge in [0.25, 0.3) is 0 Å². The maximum Gasteiger partial charge on any atom is 0.193 e. The van der Waals surface area contributed by atoms with Crippen LogP contribution in [0.2, 0.25) is 0 Å². The maximum absolute atomic E-state index is 11.5. The van der Waals surface area contributed by atoms with Crippen molar-refractivity contribution in [1.82, 2.24) is 0 Å². The molecule has 0 atom stereocenters. The molecule has 70 valence electrons. The molecule has 1 aromatic carbocycles. The Bertz CT molecular complexity index is 323. The van der Waals surface area contributed by atoms with Gasteiger partial charge in [0.1, 0.15) is 11.4 Å². The van der Waals surface area contributed by atoms with Gasteiger partial charge in [-0.25, -0.2) is 0 Å². The number of hydrogen-bond acceptors (Lipinski definition) is 3. The lowest BCUT2D eigenvalue weighted by atomic mass is 9.97. The third-order valence-corrected chi connectivity index (χ3v) is 1.66. The highest BCUT2D eigenvalue weighted by Crippen LogP contribution is 2.16. The summed E-state index contributed by atoms with van der Waals surface area (Å²) in [6.45, 7) is 2.83. The third kappa shape index (κ3) is 2.29. The van der Waals surface area contributed by atoms with Crippen LogP contribution in [0.5, 0.6) is 5.75 Å². The molecule has 0 saturated heterocycles. The largest absolute Gasteiger partial charge is 0.508 e. The molecule has 0 bridgehead atoms. The molecule has 1 rings (SSSR count). The Labute approximate surface area is 76.6 Å². The number of ketones is 1. The van der Waals surface area contributed by atoms with E-state index in [0.717, 1.165) is 0 Å². The number of Topliss-reactive ketones (excluding diaryl/α,β-unsaturated/α-hetero) is 1. The average molecular weight is 180 g/mol. The molecule has 0 saturated carbocycles. The van der Waals surface area contributed by atoms with Gasteiger partial charge in [-0.05, 0) is 26.0 Å². The van der Waals surface area contributed by atoms with E-state index in [1.54, 1.807) is 12.1 Å². The van der Waals surface area contributed by atoms with Crippen LogP contribution < -0.4 is 0 Å². The molecule has 13 heavy (non-hydrogen) atoms. The molecule has 0 spiro atoms. The van der Waals surface area contributed by atoms with Crippen molar-refractivity contribution < 1.29 is 15.0 Å². The van der Waals surface area contributed by atoms with Gasteiger partial charge in [-0.3, -0.25) is 4.79 Å². The lowest BCUT2D eigenvalue weighted by Gasteiger charge is -2.15. The fraction of sp³-hybridized carbons (Fsp3) is 0.300. The quantitative estimate of drug-likeness (QED) is 0.675. The first-order valence-corrected chi connectivity index (χ1v) is 3.97. The average Bonchev–Trinajstić information content (AvgIpc) is 2.01. The highest BCUT2D eigenvalue weighted by molar-refractivity contribution is 6.01. The fourth-order valence-electron chi connectivity index (χ4n) is 1.00. The number of rotatable bonds is 2. The second-order valence-electron chi connectivity index (χ2n) is 3.44. The summed E-state index contributed by atoms with van der Waals surface area (Å²) >= 11 is 0. The number of aliphatic hydroxyl groups is 1. The second kappa shape index (κ2) is 3.18. The van der Waals surface area contributed by atoms with Crippen LogP contribution in [0.4, 0.5) is 0 Å². The minimum Gasteiger partial charge on any atom is -0.508 e. The van der Waals surface area contributed by atoms with Crippen LogP contribution in [0, 0.1) is 0 Å². The topological polar surface area (TPSA) is 57.5 Å². The Morgan fingerprint density at radius 1 is 1.38 bits per heavy atom. The summed E-state index contributed by atoms with van der Waals surface area (Å²) in [7, 11) is 0. The van der Waals surface area contributed by atoms with Crippen molar-refractivity contribution in [1.29, 1.82) is 0 Å². The Morgan fingerprint density at radius 2 is 2.00 bits per heavy atom. The predicted octanol–water partition coefficient (Wildman–Crippen LogP) is 1.35. The molecule has 3 heteroatoms. The standard InChI is InChI=1S/C10H12O3/c1-10(2,13)9(12)7-4-3-5-8(11)6-7/h3-6,11,13H,1-2H3. The summed E-state index contributed by atoms with van der Waals surface area (Å²) in [5, 5.41) is 18.5. The number of carbonyl (C=O) groups is 1. The maximum atomic E-state index is 11.5. The molecule has 0 unspecified atom stereocenters. The van der Waals surface area contributed by atoms with Crippen LogP contribution in [0.1, 0.15) is 24.2 Å². The predicted molar refractivity (Wildman–Crippen MR) is 48.7 cm³/mol. The zero-order chi connectivity index (χ0) is 10.1. The first-order chi connectivity index (χ1) is 5.91. The van der Waals surface area contributed by atoms with Crippen molar-refractivity contribution in [2.24, 2.45) is 0 Å². The smallest absolute Gasteiger partial charge is 0.193 e. The molecular formula is C10H12O3. The van der Waals surface area contributed by atoms with Gasteiger partial charge in [0.15, 0.2) is 5.78 Å². The van der Waals surface area contributed by atoms with E-state index in [0.29, 0.717) is 5.56 Å². The van der Waals surface area contributed by atoms with E-state index in [9.17, 15) is 9.90 Å². The summed E-state index contributed by atoms with van der Waals surface area (Å²) in [4.78, 5) is 11.5.